The lowest BCUT2D eigenvalue weighted by atomic mass is 9.75. The van der Waals surface area contributed by atoms with Crippen molar-refractivity contribution in [2.24, 2.45) is 0 Å². The third-order valence-corrected chi connectivity index (χ3v) is 6.99. The Labute approximate surface area is 171 Å². The molecule has 1 aromatic carbocycles. The summed E-state index contributed by atoms with van der Waals surface area (Å²) in [5.74, 6) is 0. The first-order valence-corrected chi connectivity index (χ1v) is 10.6. The molecule has 0 amide bonds. The molecule has 0 bridgehead atoms. The predicted molar refractivity (Wildman–Crippen MR) is 113 cm³/mol. The maximum absolute atomic E-state index is 13.1. The van der Waals surface area contributed by atoms with Gasteiger partial charge in [-0.25, -0.2) is 17.4 Å². The number of aliphatic hydroxyl groups is 1. The lowest BCUT2D eigenvalue weighted by Gasteiger charge is -2.38. The van der Waals surface area contributed by atoms with E-state index in [0.717, 1.165) is 9.54 Å². The molecule has 0 aliphatic heterocycles. The number of hydrogen-bond acceptors (Lipinski definition) is 6. The van der Waals surface area contributed by atoms with Crippen molar-refractivity contribution in [3.8, 4) is 0 Å². The fourth-order valence-corrected chi connectivity index (χ4v) is 4.06. The van der Waals surface area contributed by atoms with E-state index in [1.54, 1.807) is 64.1 Å². The molecular weight excluding hydrogens is 391 g/mol. The Bertz CT molecular complexity index is 1130. The van der Waals surface area contributed by atoms with Gasteiger partial charge in [-0.15, -0.1) is 0 Å². The Morgan fingerprint density at radius 1 is 1.07 bits per heavy atom. The minimum atomic E-state index is -3.85. The van der Waals surface area contributed by atoms with Gasteiger partial charge in [0, 0.05) is 17.8 Å². The molecule has 9 heteroatoms. The van der Waals surface area contributed by atoms with Crippen LogP contribution in [0, 0.1) is 6.92 Å². The van der Waals surface area contributed by atoms with E-state index in [4.69, 9.17) is 4.65 Å². The maximum Gasteiger partial charge on any atom is 0.492 e. The largest absolute Gasteiger partial charge is 0.492 e. The summed E-state index contributed by atoms with van der Waals surface area (Å²) in [4.78, 5) is 4.35. The Morgan fingerprint density at radius 3 is 2.28 bits per heavy atom. The molecule has 3 aromatic rings. The average molecular weight is 416 g/mol. The first kappa shape index (κ1) is 21.5. The van der Waals surface area contributed by atoms with Gasteiger partial charge in [-0.2, -0.15) is 0 Å². The van der Waals surface area contributed by atoms with Crippen LogP contribution in [-0.2, 0) is 14.7 Å². The highest BCUT2D eigenvalue weighted by Crippen LogP contribution is 2.26. The fraction of sp³-hybridized carbons (Fsp3) is 0.350. The summed E-state index contributed by atoms with van der Waals surface area (Å²) in [6, 6.07) is 9.69. The van der Waals surface area contributed by atoms with Crippen molar-refractivity contribution >= 4 is 33.6 Å². The quantitative estimate of drug-likeness (QED) is 0.595. The summed E-state index contributed by atoms with van der Waals surface area (Å²) < 4.78 is 32.9. The second-order valence-corrected chi connectivity index (χ2v) is 9.92. The van der Waals surface area contributed by atoms with Gasteiger partial charge in [-0.1, -0.05) is 17.7 Å². The van der Waals surface area contributed by atoms with E-state index in [2.05, 4.69) is 4.98 Å². The Kier molecular flexibility index (Phi) is 5.38. The van der Waals surface area contributed by atoms with E-state index in [-0.39, 0.29) is 10.5 Å². The zero-order chi connectivity index (χ0) is 21.6. The smallest absolute Gasteiger partial charge is 0.423 e. The third kappa shape index (κ3) is 3.96. The summed E-state index contributed by atoms with van der Waals surface area (Å²) in [6.45, 7) is 8.40. The molecule has 0 spiro atoms. The van der Waals surface area contributed by atoms with E-state index < -0.39 is 28.3 Å². The van der Waals surface area contributed by atoms with Crippen molar-refractivity contribution in [1.82, 2.24) is 8.96 Å². The monoisotopic (exact) mass is 416 g/mol. The van der Waals surface area contributed by atoms with Crippen LogP contribution in [0.2, 0.25) is 0 Å². The molecule has 7 nitrogen and oxygen atoms in total. The van der Waals surface area contributed by atoms with Crippen LogP contribution in [0.5, 0.6) is 0 Å². The van der Waals surface area contributed by atoms with Gasteiger partial charge in [-0.05, 0) is 64.3 Å². The van der Waals surface area contributed by atoms with Crippen LogP contribution >= 0.6 is 0 Å². The van der Waals surface area contributed by atoms with Crippen molar-refractivity contribution in [1.29, 1.82) is 0 Å². The average Bonchev–Trinajstić information content (AvgIpc) is 3.05. The number of rotatable bonds is 6. The normalized spacial score (nSPS) is 13.1. The molecule has 0 radical (unpaired) electrons. The molecule has 2 heterocycles. The van der Waals surface area contributed by atoms with Crippen molar-refractivity contribution in [3.05, 3.63) is 54.4 Å². The highest BCUT2D eigenvalue weighted by atomic mass is 32.2. The molecule has 2 aromatic heterocycles. The van der Waals surface area contributed by atoms with Crippen molar-refractivity contribution in [3.63, 3.8) is 0 Å². The minimum absolute atomic E-state index is 0.146. The van der Waals surface area contributed by atoms with E-state index in [9.17, 15) is 18.5 Å². The lowest BCUT2D eigenvalue weighted by Crippen LogP contribution is -2.53. The van der Waals surface area contributed by atoms with Crippen molar-refractivity contribution < 1.29 is 23.2 Å². The Hall–Kier alpha value is -2.20. The van der Waals surface area contributed by atoms with Crippen LogP contribution in [0.3, 0.4) is 0 Å². The minimum Gasteiger partial charge on any atom is -0.423 e. The molecule has 0 saturated heterocycles. The summed E-state index contributed by atoms with van der Waals surface area (Å²) in [7, 11) is -5.22. The van der Waals surface area contributed by atoms with Gasteiger partial charge in [0.15, 0.2) is 5.65 Å². The van der Waals surface area contributed by atoms with Crippen LogP contribution in [0.4, 0.5) is 0 Å². The van der Waals surface area contributed by atoms with Crippen LogP contribution in [0.15, 0.2) is 53.7 Å². The Balaban J connectivity index is 2.05. The number of pyridine rings is 1. The number of aryl methyl sites for hydroxylation is 1. The van der Waals surface area contributed by atoms with Gasteiger partial charge < -0.3 is 14.8 Å². The molecule has 29 heavy (non-hydrogen) atoms. The van der Waals surface area contributed by atoms with Gasteiger partial charge >= 0.3 is 7.12 Å². The van der Waals surface area contributed by atoms with Crippen molar-refractivity contribution in [2.45, 2.75) is 50.7 Å². The molecule has 2 N–H and O–H groups in total. The summed E-state index contributed by atoms with van der Waals surface area (Å²) in [5.41, 5.74) is -0.757. The number of fused-ring (bicyclic) bond motifs is 1. The SMILES string of the molecule is Cc1ccc(S(=O)(=O)n2ccc3c(B(O)OC(C)(C)C(C)(C)O)ccnc32)cc1. The second-order valence-electron chi connectivity index (χ2n) is 8.11. The van der Waals surface area contributed by atoms with E-state index in [1.807, 2.05) is 6.92 Å². The summed E-state index contributed by atoms with van der Waals surface area (Å²) in [6.07, 6.45) is 2.83. The van der Waals surface area contributed by atoms with Gasteiger partial charge in [0.25, 0.3) is 10.0 Å². The van der Waals surface area contributed by atoms with Gasteiger partial charge in [-0.3, -0.25) is 0 Å². The maximum atomic E-state index is 13.1. The van der Waals surface area contributed by atoms with E-state index in [1.165, 1.54) is 12.4 Å². The highest BCUT2D eigenvalue weighted by molar-refractivity contribution is 7.90. The van der Waals surface area contributed by atoms with E-state index >= 15 is 0 Å². The van der Waals surface area contributed by atoms with E-state index in [0.29, 0.717) is 10.8 Å². The second kappa shape index (κ2) is 7.25. The zero-order valence-electron chi connectivity index (χ0n) is 17.1. The molecule has 0 fully saturated rings. The van der Waals surface area contributed by atoms with Gasteiger partial charge in [0.2, 0.25) is 0 Å². The lowest BCUT2D eigenvalue weighted by molar-refractivity contribution is -0.0982. The number of hydrogen-bond donors (Lipinski definition) is 2. The first-order valence-electron chi connectivity index (χ1n) is 9.21. The number of aromatic nitrogens is 2. The summed E-state index contributed by atoms with van der Waals surface area (Å²) in [5, 5.41) is 21.4. The molecular formula is C20H25BN2O5S. The standard InChI is InChI=1S/C20H25BN2O5S/c1-14-6-8-15(9-7-14)29(26,27)23-13-11-16-17(10-12-22-18(16)23)21(25)28-20(4,5)19(2,3)24/h6-13,24-25H,1-5H3. The summed E-state index contributed by atoms with van der Waals surface area (Å²) >= 11 is 0. The topological polar surface area (TPSA) is 102 Å². The molecule has 0 aliphatic rings. The van der Waals surface area contributed by atoms with Gasteiger partial charge in [0.05, 0.1) is 16.1 Å². The number of nitrogens with zero attached hydrogens (tertiary/aromatic N) is 2. The third-order valence-electron chi connectivity index (χ3n) is 5.31. The predicted octanol–water partition coefficient (Wildman–Crippen LogP) is 1.84. The first-order chi connectivity index (χ1) is 13.3. The molecule has 0 saturated carbocycles. The number of benzene rings is 1. The molecule has 0 aliphatic carbocycles. The van der Waals surface area contributed by atoms with Crippen molar-refractivity contribution in [2.75, 3.05) is 0 Å². The highest BCUT2D eigenvalue weighted by Gasteiger charge is 2.40. The molecule has 154 valence electrons. The molecule has 0 unspecified atom stereocenters. The molecule has 3 rings (SSSR count). The van der Waals surface area contributed by atoms with Crippen LogP contribution in [0.25, 0.3) is 11.0 Å². The Morgan fingerprint density at radius 2 is 1.69 bits per heavy atom. The zero-order valence-corrected chi connectivity index (χ0v) is 17.9. The van der Waals surface area contributed by atoms with Crippen LogP contribution < -0.4 is 5.46 Å². The van der Waals surface area contributed by atoms with Crippen LogP contribution in [-0.4, -0.2) is 45.8 Å². The molecule has 0 atom stereocenters. The fourth-order valence-electron chi connectivity index (χ4n) is 2.76. The van der Waals surface area contributed by atoms with Crippen LogP contribution in [0.1, 0.15) is 33.3 Å². The van der Waals surface area contributed by atoms with Gasteiger partial charge in [0.1, 0.15) is 0 Å².